The molecule has 0 unspecified atom stereocenters. The van der Waals surface area contributed by atoms with Crippen molar-refractivity contribution in [1.82, 2.24) is 14.2 Å². The Morgan fingerprint density at radius 3 is 2.54 bits per heavy atom. The minimum Gasteiger partial charge on any atom is -0.487 e. The number of likely N-dealkylation sites (N-methyl/N-ethyl adjacent to an activating group) is 1. The van der Waals surface area contributed by atoms with E-state index in [4.69, 9.17) is 4.74 Å². The number of ether oxygens (including phenoxy) is 1. The number of aliphatic hydroxyl groups excluding tert-OH is 1. The van der Waals surface area contributed by atoms with Crippen LogP contribution in [-0.4, -0.2) is 72.5 Å². The number of carbonyl (C=O) groups excluding carboxylic acids is 1. The lowest BCUT2D eigenvalue weighted by Gasteiger charge is -2.37. The smallest absolute Gasteiger partial charge is 0.272 e. The third-order valence-electron chi connectivity index (χ3n) is 6.55. The number of nitrogens with zero attached hydrogens (tertiary/aromatic N) is 3. The molecule has 0 spiro atoms. The lowest BCUT2D eigenvalue weighted by atomic mass is 10.0. The number of aliphatic hydroxyl groups is 1. The van der Waals surface area contributed by atoms with Crippen LogP contribution in [0.2, 0.25) is 0 Å². The summed E-state index contributed by atoms with van der Waals surface area (Å²) in [5.74, 6) is 5.02. The van der Waals surface area contributed by atoms with Crippen molar-refractivity contribution in [3.8, 4) is 17.6 Å². The molecular formula is C29H30FN3O5S. The summed E-state index contributed by atoms with van der Waals surface area (Å²) in [5, 5.41) is 9.83. The van der Waals surface area contributed by atoms with E-state index in [0.29, 0.717) is 11.1 Å². The van der Waals surface area contributed by atoms with Crippen molar-refractivity contribution >= 4 is 15.9 Å². The Hall–Kier alpha value is -3.78. The molecule has 3 atom stereocenters. The number of carbonyl (C=O) groups is 1. The Kier molecular flexibility index (Phi) is 8.65. The Labute approximate surface area is 228 Å². The van der Waals surface area contributed by atoms with Gasteiger partial charge in [0, 0.05) is 42.9 Å². The molecule has 39 heavy (non-hydrogen) atoms. The lowest BCUT2D eigenvalue weighted by Crippen LogP contribution is -2.50. The van der Waals surface area contributed by atoms with Crippen LogP contribution in [0.15, 0.2) is 71.8 Å². The van der Waals surface area contributed by atoms with Crippen molar-refractivity contribution in [2.24, 2.45) is 5.92 Å². The van der Waals surface area contributed by atoms with Crippen LogP contribution in [0.4, 0.5) is 4.39 Å². The summed E-state index contributed by atoms with van der Waals surface area (Å²) >= 11 is 0. The van der Waals surface area contributed by atoms with Crippen LogP contribution in [-0.2, 0) is 10.0 Å². The largest absolute Gasteiger partial charge is 0.487 e. The maximum atomic E-state index is 13.7. The highest BCUT2D eigenvalue weighted by Crippen LogP contribution is 2.34. The number of fused-ring (bicyclic) bond motifs is 1. The lowest BCUT2D eigenvalue weighted by molar-refractivity contribution is 0.0559. The molecule has 1 amide bonds. The summed E-state index contributed by atoms with van der Waals surface area (Å²) in [6.07, 6.45) is 0.963. The van der Waals surface area contributed by atoms with Gasteiger partial charge >= 0.3 is 0 Å². The maximum Gasteiger partial charge on any atom is 0.272 e. The van der Waals surface area contributed by atoms with E-state index in [1.807, 2.05) is 6.92 Å². The number of rotatable bonds is 5. The van der Waals surface area contributed by atoms with Gasteiger partial charge in [-0.05, 0) is 61.5 Å². The third-order valence-corrected chi connectivity index (χ3v) is 8.57. The summed E-state index contributed by atoms with van der Waals surface area (Å²) in [6, 6.07) is 14.7. The minimum absolute atomic E-state index is 0.0502. The first-order valence-electron chi connectivity index (χ1n) is 12.5. The van der Waals surface area contributed by atoms with E-state index in [-0.39, 0.29) is 53.7 Å². The van der Waals surface area contributed by atoms with Gasteiger partial charge in [-0.3, -0.25) is 9.78 Å². The fourth-order valence-electron chi connectivity index (χ4n) is 4.24. The van der Waals surface area contributed by atoms with E-state index in [1.165, 1.54) is 27.4 Å². The number of amides is 1. The van der Waals surface area contributed by atoms with Gasteiger partial charge in [-0.2, -0.15) is 4.31 Å². The molecule has 0 bridgehead atoms. The highest BCUT2D eigenvalue weighted by molar-refractivity contribution is 7.89. The van der Waals surface area contributed by atoms with Crippen molar-refractivity contribution < 1.29 is 27.4 Å². The van der Waals surface area contributed by atoms with Gasteiger partial charge in [0.2, 0.25) is 10.0 Å². The second-order valence-electron chi connectivity index (χ2n) is 9.56. The van der Waals surface area contributed by atoms with Crippen LogP contribution in [0.25, 0.3) is 0 Å². The van der Waals surface area contributed by atoms with Crippen LogP contribution in [0.1, 0.15) is 35.5 Å². The SMILES string of the molecule is C[C@@H]1CN([C@@H](C)CO)S(=O)(=O)c2ccc(C#Cc3ccc(F)cc3)cc2O[C@H]1CN(C)C(=O)c1ccccn1. The predicted octanol–water partition coefficient (Wildman–Crippen LogP) is 3.16. The summed E-state index contributed by atoms with van der Waals surface area (Å²) < 4.78 is 48.1. The topological polar surface area (TPSA) is 100 Å². The van der Waals surface area contributed by atoms with E-state index < -0.39 is 22.2 Å². The number of benzene rings is 2. The molecule has 1 aliphatic heterocycles. The Bertz CT molecular complexity index is 1490. The van der Waals surface area contributed by atoms with Gasteiger partial charge in [-0.15, -0.1) is 0 Å². The van der Waals surface area contributed by atoms with Gasteiger partial charge < -0.3 is 14.7 Å². The average Bonchev–Trinajstić information content (AvgIpc) is 2.94. The van der Waals surface area contributed by atoms with Crippen molar-refractivity contribution in [1.29, 1.82) is 0 Å². The molecule has 4 rings (SSSR count). The second-order valence-corrected chi connectivity index (χ2v) is 11.4. The first-order valence-corrected chi connectivity index (χ1v) is 13.9. The van der Waals surface area contributed by atoms with Gasteiger partial charge in [-0.1, -0.05) is 24.8 Å². The van der Waals surface area contributed by atoms with Crippen molar-refractivity contribution in [2.75, 3.05) is 26.7 Å². The number of hydrogen-bond donors (Lipinski definition) is 1. The number of halogens is 1. The van der Waals surface area contributed by atoms with Crippen LogP contribution in [0.5, 0.6) is 5.75 Å². The van der Waals surface area contributed by atoms with Crippen molar-refractivity contribution in [3.05, 3.63) is 89.5 Å². The molecule has 0 saturated heterocycles. The molecule has 1 aromatic heterocycles. The van der Waals surface area contributed by atoms with Gasteiger partial charge in [0.25, 0.3) is 5.91 Å². The van der Waals surface area contributed by atoms with Gasteiger partial charge in [0.1, 0.15) is 28.3 Å². The summed E-state index contributed by atoms with van der Waals surface area (Å²) in [7, 11) is -2.38. The molecule has 2 aromatic carbocycles. The minimum atomic E-state index is -4.02. The number of aromatic nitrogens is 1. The Morgan fingerprint density at radius 2 is 1.87 bits per heavy atom. The number of pyridine rings is 1. The third kappa shape index (κ3) is 6.45. The molecule has 2 heterocycles. The quantitative estimate of drug-likeness (QED) is 0.489. The highest BCUT2D eigenvalue weighted by Gasteiger charge is 2.38. The van der Waals surface area contributed by atoms with Gasteiger partial charge in [0.15, 0.2) is 0 Å². The molecule has 0 radical (unpaired) electrons. The molecule has 1 N–H and O–H groups in total. The fraction of sp³-hybridized carbons (Fsp3) is 0.310. The Balaban J connectivity index is 1.71. The Morgan fingerprint density at radius 1 is 1.18 bits per heavy atom. The standard InChI is InChI=1S/C29H30FN3O5S/c1-20-17-33(21(2)19-34)39(36,37)28-14-11-23(8-7-22-9-12-24(30)13-10-22)16-26(28)38-27(20)18-32(3)29(35)25-6-4-5-15-31-25/h4-6,9-16,20-21,27,34H,17-19H2,1-3H3/t20-,21+,27+/m1/s1. The number of sulfonamides is 1. The van der Waals surface area contributed by atoms with Gasteiger partial charge in [0.05, 0.1) is 13.2 Å². The van der Waals surface area contributed by atoms with Gasteiger partial charge in [-0.25, -0.2) is 12.8 Å². The molecule has 3 aromatic rings. The summed E-state index contributed by atoms with van der Waals surface area (Å²) in [4.78, 5) is 18.5. The van der Waals surface area contributed by atoms with Crippen LogP contribution in [0, 0.1) is 23.6 Å². The average molecular weight is 552 g/mol. The summed E-state index contributed by atoms with van der Waals surface area (Å²) in [6.45, 7) is 3.39. The second kappa shape index (κ2) is 11.9. The molecule has 10 heteroatoms. The van der Waals surface area contributed by atoms with E-state index in [2.05, 4.69) is 16.8 Å². The molecule has 204 valence electrons. The zero-order valence-corrected chi connectivity index (χ0v) is 22.7. The molecule has 0 saturated carbocycles. The zero-order chi connectivity index (χ0) is 28.2. The first kappa shape index (κ1) is 28.2. The normalized spacial score (nSPS) is 19.3. The molecule has 0 aliphatic carbocycles. The predicted molar refractivity (Wildman–Crippen MR) is 144 cm³/mol. The first-order chi connectivity index (χ1) is 18.6. The van der Waals surface area contributed by atoms with E-state index in [1.54, 1.807) is 62.6 Å². The molecule has 8 nitrogen and oxygen atoms in total. The monoisotopic (exact) mass is 551 g/mol. The van der Waals surface area contributed by atoms with Crippen molar-refractivity contribution in [3.63, 3.8) is 0 Å². The van der Waals surface area contributed by atoms with E-state index in [9.17, 15) is 22.7 Å². The van der Waals surface area contributed by atoms with E-state index >= 15 is 0 Å². The maximum absolute atomic E-state index is 13.7. The number of hydrogen-bond acceptors (Lipinski definition) is 6. The molecular weight excluding hydrogens is 521 g/mol. The molecule has 0 fully saturated rings. The zero-order valence-electron chi connectivity index (χ0n) is 21.9. The van der Waals surface area contributed by atoms with Crippen LogP contribution >= 0.6 is 0 Å². The highest BCUT2D eigenvalue weighted by atomic mass is 32.2. The summed E-state index contributed by atoms with van der Waals surface area (Å²) in [5.41, 5.74) is 1.39. The molecule has 1 aliphatic rings. The van der Waals surface area contributed by atoms with Crippen LogP contribution in [0.3, 0.4) is 0 Å². The van der Waals surface area contributed by atoms with Crippen LogP contribution < -0.4 is 4.74 Å². The fourth-order valence-corrected chi connectivity index (χ4v) is 6.06. The van der Waals surface area contributed by atoms with Crippen molar-refractivity contribution in [2.45, 2.75) is 30.9 Å². The van der Waals surface area contributed by atoms with E-state index in [0.717, 1.165) is 0 Å².